The average molecular weight is 663 g/mol. The monoisotopic (exact) mass is 662 g/mol. The van der Waals surface area contributed by atoms with Gasteiger partial charge in [0.1, 0.15) is 41.1 Å². The maximum Gasteiger partial charge on any atom is 0.329 e. The van der Waals surface area contributed by atoms with Crippen molar-refractivity contribution in [2.45, 2.75) is 64.9 Å². The maximum atomic E-state index is 14.4. The number of halogens is 1. The molecule has 0 bridgehead atoms. The van der Waals surface area contributed by atoms with Gasteiger partial charge in [0.25, 0.3) is 11.8 Å². The van der Waals surface area contributed by atoms with Gasteiger partial charge in [-0.25, -0.2) is 9.18 Å². The molecule has 0 fully saturated rings. The van der Waals surface area contributed by atoms with Crippen LogP contribution < -0.4 is 26.0 Å². The van der Waals surface area contributed by atoms with Crippen LogP contribution in [0.15, 0.2) is 58.6 Å². The minimum Gasteiger partial charge on any atom is -0.425 e. The number of aldehydes is 1. The van der Waals surface area contributed by atoms with E-state index in [1.165, 1.54) is 30.3 Å². The summed E-state index contributed by atoms with van der Waals surface area (Å²) in [6.45, 7) is 8.41. The van der Waals surface area contributed by atoms with Crippen molar-refractivity contribution in [1.82, 2.24) is 26.4 Å². The minimum absolute atomic E-state index is 0.0635. The van der Waals surface area contributed by atoms with Gasteiger partial charge in [0.15, 0.2) is 12.0 Å². The number of aryl methyl sites for hydroxylation is 2. The Kier molecular flexibility index (Phi) is 13.2. The number of ether oxygens (including phenoxy) is 1. The van der Waals surface area contributed by atoms with Gasteiger partial charge >= 0.3 is 5.97 Å². The lowest BCUT2D eigenvalue weighted by Crippen LogP contribution is -2.55. The largest absolute Gasteiger partial charge is 0.425 e. The van der Waals surface area contributed by atoms with Gasteiger partial charge in [-0.3, -0.25) is 9.59 Å². The Morgan fingerprint density at radius 3 is 2.50 bits per heavy atom. The quantitative estimate of drug-likeness (QED) is 0.0527. The average Bonchev–Trinajstić information content (AvgIpc) is 3.46. The first kappa shape index (κ1) is 37.2. The van der Waals surface area contributed by atoms with Crippen LogP contribution in [0.25, 0.3) is 6.08 Å². The number of carbonyl (C=O) groups excluding carboxylic acids is 4. The fourth-order valence-corrected chi connectivity index (χ4v) is 4.30. The van der Waals surface area contributed by atoms with Gasteiger partial charge in [0.2, 0.25) is 0 Å². The molecular formula is C34H39FN6O7. The fourth-order valence-electron chi connectivity index (χ4n) is 4.30. The van der Waals surface area contributed by atoms with E-state index in [1.54, 1.807) is 58.9 Å². The number of nitrogens with one attached hydrogen (secondary N) is 4. The molecule has 2 amide bonds. The minimum atomic E-state index is -1.64. The van der Waals surface area contributed by atoms with E-state index in [0.717, 1.165) is 5.56 Å². The third-order valence-electron chi connectivity index (χ3n) is 6.71. The number of benzene rings is 2. The maximum absolute atomic E-state index is 14.4. The highest BCUT2D eigenvalue weighted by molar-refractivity contribution is 6.02. The van der Waals surface area contributed by atoms with Crippen LogP contribution in [-0.4, -0.2) is 71.1 Å². The van der Waals surface area contributed by atoms with Crippen LogP contribution in [0.3, 0.4) is 0 Å². The van der Waals surface area contributed by atoms with Crippen LogP contribution >= 0.6 is 0 Å². The third-order valence-corrected chi connectivity index (χ3v) is 6.71. The van der Waals surface area contributed by atoms with Gasteiger partial charge in [0.05, 0.1) is 6.04 Å². The van der Waals surface area contributed by atoms with Gasteiger partial charge in [-0.05, 0) is 70.0 Å². The summed E-state index contributed by atoms with van der Waals surface area (Å²) in [6.07, 6.45) is -0.0482. The fraction of sp³-hybridized carbons (Fsp3) is 0.353. The second-order valence-corrected chi connectivity index (χ2v) is 12.1. The topological polar surface area (TPSA) is 196 Å². The summed E-state index contributed by atoms with van der Waals surface area (Å²) in [4.78, 5) is 50.1. The summed E-state index contributed by atoms with van der Waals surface area (Å²) in [7, 11) is 0. The van der Waals surface area contributed by atoms with Crippen LogP contribution in [0.4, 0.5) is 4.39 Å². The summed E-state index contributed by atoms with van der Waals surface area (Å²) in [5, 5.41) is 34.6. The van der Waals surface area contributed by atoms with E-state index in [-0.39, 0.29) is 42.9 Å². The molecular weight excluding hydrogens is 623 g/mol. The molecule has 0 unspecified atom stereocenters. The Balaban J connectivity index is 1.79. The molecule has 1 heterocycles. The van der Waals surface area contributed by atoms with Crippen LogP contribution in [0.1, 0.15) is 53.7 Å². The number of hydrogen-bond acceptors (Lipinski definition) is 11. The predicted molar refractivity (Wildman–Crippen MR) is 173 cm³/mol. The first-order valence-corrected chi connectivity index (χ1v) is 15.0. The van der Waals surface area contributed by atoms with E-state index in [9.17, 15) is 33.9 Å². The lowest BCUT2D eigenvalue weighted by atomic mass is 10.1. The molecule has 1 aromatic heterocycles. The van der Waals surface area contributed by atoms with E-state index in [4.69, 9.17) is 9.26 Å². The zero-order valence-electron chi connectivity index (χ0n) is 27.3. The van der Waals surface area contributed by atoms with Crippen molar-refractivity contribution in [3.8, 4) is 11.8 Å². The molecule has 5 N–H and O–H groups in total. The second-order valence-electron chi connectivity index (χ2n) is 12.1. The lowest BCUT2D eigenvalue weighted by Gasteiger charge is -2.24. The number of carbonyl (C=O) groups is 4. The SMILES string of the molecule is Cc1ccc(CNC[C@H](NC[C@H](NC(=O)c2cc(C)on2)[C@@H](O)C=O)C(=O)Oc2cccc(C=C(C#N)C(=O)NC(C)(C)C)c2)c(F)c1. The smallest absolute Gasteiger partial charge is 0.329 e. The number of esters is 1. The molecule has 2 aromatic carbocycles. The molecule has 0 spiro atoms. The summed E-state index contributed by atoms with van der Waals surface area (Å²) in [5.41, 5.74) is 0.736. The normalized spacial score (nSPS) is 13.5. The summed E-state index contributed by atoms with van der Waals surface area (Å²) in [5.74, 6) is -2.03. The molecule has 48 heavy (non-hydrogen) atoms. The number of nitriles is 1. The predicted octanol–water partition coefficient (Wildman–Crippen LogP) is 2.26. The number of aliphatic hydroxyl groups is 1. The van der Waals surface area contributed by atoms with Crippen molar-refractivity contribution in [3.63, 3.8) is 0 Å². The molecule has 0 aliphatic heterocycles. The molecule has 0 saturated carbocycles. The van der Waals surface area contributed by atoms with Gasteiger partial charge in [-0.15, -0.1) is 0 Å². The second kappa shape index (κ2) is 17.1. The molecule has 0 saturated heterocycles. The molecule has 14 heteroatoms. The lowest BCUT2D eigenvalue weighted by molar-refractivity contribution is -0.136. The Labute approximate surface area is 277 Å². The van der Waals surface area contributed by atoms with Crippen LogP contribution in [0.2, 0.25) is 0 Å². The van der Waals surface area contributed by atoms with Crippen molar-refractivity contribution >= 4 is 30.1 Å². The highest BCUT2D eigenvalue weighted by Crippen LogP contribution is 2.17. The number of aliphatic hydroxyl groups excluding tert-OH is 1. The highest BCUT2D eigenvalue weighted by atomic mass is 19.1. The first-order valence-electron chi connectivity index (χ1n) is 15.0. The Bertz CT molecular complexity index is 1690. The molecule has 3 aromatic rings. The Morgan fingerprint density at radius 1 is 1.12 bits per heavy atom. The van der Waals surface area contributed by atoms with Crippen molar-refractivity contribution in [1.29, 1.82) is 5.26 Å². The third kappa shape index (κ3) is 11.5. The van der Waals surface area contributed by atoms with Crippen molar-refractivity contribution in [2.75, 3.05) is 13.1 Å². The van der Waals surface area contributed by atoms with E-state index < -0.39 is 47.3 Å². The van der Waals surface area contributed by atoms with Crippen molar-refractivity contribution in [2.24, 2.45) is 0 Å². The highest BCUT2D eigenvalue weighted by Gasteiger charge is 2.27. The molecule has 0 aliphatic carbocycles. The van der Waals surface area contributed by atoms with Crippen LogP contribution in [0, 0.1) is 31.0 Å². The van der Waals surface area contributed by atoms with Gasteiger partial charge in [-0.1, -0.05) is 29.4 Å². The Morgan fingerprint density at radius 2 is 1.88 bits per heavy atom. The van der Waals surface area contributed by atoms with Crippen LogP contribution in [-0.2, 0) is 20.9 Å². The molecule has 3 atom stereocenters. The molecule has 254 valence electrons. The number of nitrogens with zero attached hydrogens (tertiary/aromatic N) is 2. The summed E-state index contributed by atoms with van der Waals surface area (Å²) < 4.78 is 25.0. The number of hydrogen-bond donors (Lipinski definition) is 5. The van der Waals surface area contributed by atoms with E-state index in [2.05, 4.69) is 26.4 Å². The zero-order chi connectivity index (χ0) is 35.4. The molecule has 3 rings (SSSR count). The van der Waals surface area contributed by atoms with Crippen molar-refractivity contribution < 1.29 is 37.9 Å². The Hall–Kier alpha value is -5.23. The first-order chi connectivity index (χ1) is 22.7. The molecule has 0 radical (unpaired) electrons. The number of amides is 2. The molecule has 13 nitrogen and oxygen atoms in total. The summed E-state index contributed by atoms with van der Waals surface area (Å²) >= 11 is 0. The van der Waals surface area contributed by atoms with Crippen molar-refractivity contribution in [3.05, 3.63) is 88.1 Å². The van der Waals surface area contributed by atoms with Gasteiger partial charge in [0, 0.05) is 36.8 Å². The summed E-state index contributed by atoms with van der Waals surface area (Å²) in [6, 6.07) is 11.8. The van der Waals surface area contributed by atoms with E-state index in [0.29, 0.717) is 16.9 Å². The van der Waals surface area contributed by atoms with Gasteiger partial charge < -0.3 is 40.4 Å². The zero-order valence-corrected chi connectivity index (χ0v) is 27.3. The number of rotatable bonds is 15. The molecule has 0 aliphatic rings. The van der Waals surface area contributed by atoms with E-state index >= 15 is 0 Å². The number of aromatic nitrogens is 1. The van der Waals surface area contributed by atoms with Gasteiger partial charge in [-0.2, -0.15) is 5.26 Å². The van der Waals surface area contributed by atoms with Crippen LogP contribution in [0.5, 0.6) is 5.75 Å². The van der Waals surface area contributed by atoms with E-state index in [1.807, 2.05) is 6.07 Å². The standard InChI is InChI=1S/C34H39FN6O7/c1-20-9-10-23(26(35)11-20)16-37-17-29(38-18-28(30(43)19-42)39-32(45)27-12-21(2)48-41-27)33(46)47-25-8-6-7-22(14-25)13-24(15-36)31(44)40-34(3,4)5/h6-14,19,28-30,37-38,43H,16-18H2,1-5H3,(H,39,45)(H,40,44)/t28-,29-,30-/m0/s1.